The Kier molecular flexibility index (Phi) is 3.22. The fourth-order valence-electron chi connectivity index (χ4n) is 2.72. The van der Waals surface area contributed by atoms with Crippen molar-refractivity contribution < 1.29 is 9.13 Å². The molecule has 104 valence electrons. The highest BCUT2D eigenvalue weighted by molar-refractivity contribution is 5.42. The van der Waals surface area contributed by atoms with E-state index in [1.54, 1.807) is 6.07 Å². The Morgan fingerprint density at radius 2 is 1.70 bits per heavy atom. The molecule has 0 saturated carbocycles. The first-order valence-electron chi connectivity index (χ1n) is 6.83. The van der Waals surface area contributed by atoms with E-state index in [2.05, 4.69) is 0 Å². The number of hydrogen-bond donors (Lipinski definition) is 1. The molecule has 0 aliphatic carbocycles. The average molecular weight is 271 g/mol. The van der Waals surface area contributed by atoms with Gasteiger partial charge in [0.15, 0.2) is 0 Å². The Balaban J connectivity index is 1.99. The van der Waals surface area contributed by atoms with Crippen LogP contribution in [0.2, 0.25) is 0 Å². The third-order valence-electron chi connectivity index (χ3n) is 3.80. The maximum atomic E-state index is 14.0. The van der Waals surface area contributed by atoms with Crippen molar-refractivity contribution in [1.82, 2.24) is 0 Å². The summed E-state index contributed by atoms with van der Waals surface area (Å²) in [6.07, 6.45) is 0.275. The van der Waals surface area contributed by atoms with Crippen molar-refractivity contribution in [2.75, 3.05) is 0 Å². The molecule has 2 aromatic rings. The van der Waals surface area contributed by atoms with Crippen LogP contribution in [-0.4, -0.2) is 0 Å². The van der Waals surface area contributed by atoms with Crippen LogP contribution >= 0.6 is 0 Å². The van der Waals surface area contributed by atoms with Crippen LogP contribution in [0.5, 0.6) is 5.75 Å². The topological polar surface area (TPSA) is 35.2 Å². The molecule has 0 spiro atoms. The van der Waals surface area contributed by atoms with E-state index in [-0.39, 0.29) is 18.0 Å². The maximum Gasteiger partial charge on any atom is 0.130 e. The zero-order chi connectivity index (χ0) is 14.3. The molecule has 1 aliphatic rings. The van der Waals surface area contributed by atoms with Gasteiger partial charge in [0.05, 0.1) is 0 Å². The molecule has 0 saturated heterocycles. The third-order valence-corrected chi connectivity index (χ3v) is 3.80. The molecule has 3 rings (SSSR count). The molecule has 20 heavy (non-hydrogen) atoms. The van der Waals surface area contributed by atoms with Crippen molar-refractivity contribution in [3.63, 3.8) is 0 Å². The van der Waals surface area contributed by atoms with Crippen LogP contribution in [-0.2, 0) is 0 Å². The summed E-state index contributed by atoms with van der Waals surface area (Å²) in [6.45, 7) is 3.97. The van der Waals surface area contributed by atoms with Crippen LogP contribution in [0.3, 0.4) is 0 Å². The largest absolute Gasteiger partial charge is 0.485 e. The van der Waals surface area contributed by atoms with Gasteiger partial charge in [0.1, 0.15) is 17.7 Å². The molecule has 0 radical (unpaired) electrons. The molecule has 2 aromatic carbocycles. The van der Waals surface area contributed by atoms with E-state index in [0.717, 1.165) is 22.4 Å². The summed E-state index contributed by atoms with van der Waals surface area (Å²) in [5, 5.41) is 0. The van der Waals surface area contributed by atoms with Gasteiger partial charge in [-0.15, -0.1) is 0 Å². The Morgan fingerprint density at radius 1 is 1.05 bits per heavy atom. The zero-order valence-corrected chi connectivity index (χ0v) is 11.7. The van der Waals surface area contributed by atoms with Crippen LogP contribution < -0.4 is 10.5 Å². The van der Waals surface area contributed by atoms with Crippen LogP contribution in [0.4, 0.5) is 4.39 Å². The van der Waals surface area contributed by atoms with E-state index in [1.807, 2.05) is 38.1 Å². The molecular weight excluding hydrogens is 253 g/mol. The van der Waals surface area contributed by atoms with Crippen LogP contribution in [0.1, 0.15) is 40.8 Å². The van der Waals surface area contributed by atoms with Gasteiger partial charge in [-0.05, 0) is 32.0 Å². The second-order valence-electron chi connectivity index (χ2n) is 5.51. The predicted octanol–water partition coefficient (Wildman–Crippen LogP) is 3.97. The Morgan fingerprint density at radius 3 is 2.45 bits per heavy atom. The summed E-state index contributed by atoms with van der Waals surface area (Å²) in [5.74, 6) is 0.531. The second kappa shape index (κ2) is 4.91. The highest BCUT2D eigenvalue weighted by Crippen LogP contribution is 2.40. The van der Waals surface area contributed by atoms with Crippen LogP contribution in [0.25, 0.3) is 0 Å². The average Bonchev–Trinajstić information content (AvgIpc) is 2.42. The standard InChI is InChI=1S/C17H18FNO/c1-10-3-5-14(18)12(7-10)17-9-15(19)13-8-11(2)4-6-16(13)20-17/h3-8,15,17H,9,19H2,1-2H3/t15-,17?/m1/s1. The SMILES string of the molecule is Cc1ccc(F)c(C2C[C@@H](N)c3cc(C)ccc3O2)c1. The van der Waals surface area contributed by atoms with Gasteiger partial charge in [-0.25, -0.2) is 4.39 Å². The molecule has 2 atom stereocenters. The lowest BCUT2D eigenvalue weighted by Gasteiger charge is -2.31. The molecule has 0 bridgehead atoms. The number of benzene rings is 2. The summed E-state index contributed by atoms with van der Waals surface area (Å²) >= 11 is 0. The van der Waals surface area contributed by atoms with Crippen molar-refractivity contribution in [2.24, 2.45) is 5.73 Å². The lowest BCUT2D eigenvalue weighted by Crippen LogP contribution is -2.24. The van der Waals surface area contributed by atoms with Gasteiger partial charge in [0, 0.05) is 23.6 Å². The molecule has 1 aliphatic heterocycles. The fraction of sp³-hybridized carbons (Fsp3) is 0.294. The summed E-state index contributed by atoms with van der Waals surface area (Å²) in [4.78, 5) is 0. The number of fused-ring (bicyclic) bond motifs is 1. The minimum absolute atomic E-state index is 0.122. The summed E-state index contributed by atoms with van der Waals surface area (Å²) in [7, 11) is 0. The van der Waals surface area contributed by atoms with Gasteiger partial charge in [-0.2, -0.15) is 0 Å². The smallest absolute Gasteiger partial charge is 0.130 e. The molecule has 2 nitrogen and oxygen atoms in total. The first-order valence-corrected chi connectivity index (χ1v) is 6.83. The lowest BCUT2D eigenvalue weighted by atomic mass is 9.92. The number of hydrogen-bond acceptors (Lipinski definition) is 2. The van der Waals surface area contributed by atoms with Crippen molar-refractivity contribution in [1.29, 1.82) is 0 Å². The van der Waals surface area contributed by atoms with E-state index >= 15 is 0 Å². The Bertz CT molecular complexity index is 653. The van der Waals surface area contributed by atoms with Gasteiger partial charge in [-0.1, -0.05) is 29.3 Å². The molecular formula is C17H18FNO. The Hall–Kier alpha value is -1.87. The number of nitrogens with two attached hydrogens (primary N) is 1. The van der Waals surface area contributed by atoms with Gasteiger partial charge < -0.3 is 10.5 Å². The van der Waals surface area contributed by atoms with Crippen LogP contribution in [0, 0.1) is 19.7 Å². The van der Waals surface area contributed by atoms with E-state index in [0.29, 0.717) is 12.0 Å². The minimum Gasteiger partial charge on any atom is -0.485 e. The third kappa shape index (κ3) is 2.29. The van der Waals surface area contributed by atoms with Gasteiger partial charge in [-0.3, -0.25) is 0 Å². The molecule has 1 heterocycles. The van der Waals surface area contributed by atoms with Crippen LogP contribution in [0.15, 0.2) is 36.4 Å². The number of aryl methyl sites for hydroxylation is 2. The molecule has 3 heteroatoms. The van der Waals surface area contributed by atoms with Crippen molar-refractivity contribution in [3.05, 3.63) is 64.5 Å². The number of rotatable bonds is 1. The van der Waals surface area contributed by atoms with Gasteiger partial charge in [0.2, 0.25) is 0 Å². The van der Waals surface area contributed by atoms with E-state index < -0.39 is 0 Å². The molecule has 0 fully saturated rings. The van der Waals surface area contributed by atoms with Gasteiger partial charge in [0.25, 0.3) is 0 Å². The van der Waals surface area contributed by atoms with E-state index in [9.17, 15) is 4.39 Å². The number of halogens is 1. The molecule has 2 N–H and O–H groups in total. The highest BCUT2D eigenvalue weighted by atomic mass is 19.1. The first kappa shape index (κ1) is 13.1. The molecule has 1 unspecified atom stereocenters. The lowest BCUT2D eigenvalue weighted by molar-refractivity contribution is 0.157. The Labute approximate surface area is 118 Å². The minimum atomic E-state index is -0.319. The fourth-order valence-corrected chi connectivity index (χ4v) is 2.72. The zero-order valence-electron chi connectivity index (χ0n) is 11.7. The predicted molar refractivity (Wildman–Crippen MR) is 77.2 cm³/mol. The summed E-state index contributed by atoms with van der Waals surface area (Å²) < 4.78 is 20.0. The molecule has 0 amide bonds. The van der Waals surface area contributed by atoms with Gasteiger partial charge >= 0.3 is 0 Å². The molecule has 0 aromatic heterocycles. The summed E-state index contributed by atoms with van der Waals surface area (Å²) in [5.41, 5.74) is 10.0. The quantitative estimate of drug-likeness (QED) is 0.852. The summed E-state index contributed by atoms with van der Waals surface area (Å²) in [6, 6.07) is 10.9. The van der Waals surface area contributed by atoms with Crippen molar-refractivity contribution in [2.45, 2.75) is 32.4 Å². The normalized spacial score (nSPS) is 21.2. The van der Waals surface area contributed by atoms with E-state index in [1.165, 1.54) is 6.07 Å². The monoisotopic (exact) mass is 271 g/mol. The maximum absolute atomic E-state index is 14.0. The van der Waals surface area contributed by atoms with E-state index in [4.69, 9.17) is 10.5 Å². The van der Waals surface area contributed by atoms with Crippen molar-refractivity contribution >= 4 is 0 Å². The second-order valence-corrected chi connectivity index (χ2v) is 5.51. The van der Waals surface area contributed by atoms with Crippen molar-refractivity contribution in [3.8, 4) is 5.75 Å². The highest BCUT2D eigenvalue weighted by Gasteiger charge is 2.28. The first-order chi connectivity index (χ1) is 9.54. The number of ether oxygens (including phenoxy) is 1.